The molecule has 0 saturated heterocycles. The minimum atomic E-state index is -5.11. The van der Waals surface area contributed by atoms with E-state index in [9.17, 15) is 36.9 Å². The summed E-state index contributed by atoms with van der Waals surface area (Å²) >= 11 is 0. The van der Waals surface area contributed by atoms with Crippen LogP contribution < -0.4 is 0 Å². The molecule has 0 aliphatic carbocycles. The molecule has 358 valence electrons. The average molecular weight is 999 g/mol. The van der Waals surface area contributed by atoms with Crippen LogP contribution in [0.25, 0.3) is 119 Å². The molecule has 0 atom stereocenters. The summed E-state index contributed by atoms with van der Waals surface area (Å²) in [5.41, 5.74) is 4.25. The number of fused-ring (bicyclic) bond motifs is 6. The normalized spacial score (nSPS) is 11.5. The zero-order chi connectivity index (χ0) is 53.2. The number of hydrogen-bond acceptors (Lipinski definition) is 2. The quantitative estimate of drug-likeness (QED) is 0.123. The van der Waals surface area contributed by atoms with Crippen molar-refractivity contribution >= 4 is 66.4 Å². The largest absolute Gasteiger partial charge is 0.416 e. The number of aromatic nitrogens is 2. The zero-order valence-corrected chi connectivity index (χ0v) is 39.0. The van der Waals surface area contributed by atoms with Crippen molar-refractivity contribution in [2.45, 2.75) is 12.4 Å². The van der Waals surface area contributed by atoms with Crippen molar-refractivity contribution in [2.24, 2.45) is 0 Å². The number of nitriles is 2. The lowest BCUT2D eigenvalue weighted by Gasteiger charge is -2.20. The molecule has 0 fully saturated rings. The number of benzene rings is 9. The van der Waals surface area contributed by atoms with Gasteiger partial charge in [0.05, 0.1) is 83.0 Å². The number of halogens is 6. The first kappa shape index (κ1) is 47.4. The number of para-hydroxylation sites is 3. The van der Waals surface area contributed by atoms with Crippen LogP contribution >= 0.6 is 0 Å². The van der Waals surface area contributed by atoms with Crippen molar-refractivity contribution in [3.05, 3.63) is 238 Å². The molecular weight excluding hydrogens is 971 g/mol. The van der Waals surface area contributed by atoms with Crippen molar-refractivity contribution in [2.75, 3.05) is 0 Å². The third-order valence-electron chi connectivity index (χ3n) is 13.5. The van der Waals surface area contributed by atoms with Gasteiger partial charge < -0.3 is 9.13 Å². The molecule has 0 spiro atoms. The second kappa shape index (κ2) is 18.0. The van der Waals surface area contributed by atoms with E-state index < -0.39 is 23.5 Å². The standard InChI is InChI=1S/C62H28F6N8/c1-71-43-27-40(34-70)59(52(32-43)74-4)37-18-21-57-48(28-37)46-13-7-10-16-55(46)76(57)58-30-36(39-25-41(61(63,64)65)31-42(26-39)62(66,67)68)17-20-47(58)44-11-5-8-14-53(44)75-54-15-9-6-12-45(54)49-29-38(19-22-56(49)75)60-50(72-2)23-35(33-69)24-51(60)73-3/h5-32H. The van der Waals surface area contributed by atoms with Gasteiger partial charge in [0.15, 0.2) is 22.7 Å². The van der Waals surface area contributed by atoms with E-state index in [0.717, 1.165) is 21.8 Å². The molecule has 76 heavy (non-hydrogen) atoms. The van der Waals surface area contributed by atoms with Crippen molar-refractivity contribution in [1.29, 1.82) is 10.5 Å². The molecule has 0 saturated carbocycles. The summed E-state index contributed by atoms with van der Waals surface area (Å²) in [5.74, 6) is 0. The fraction of sp³-hybridized carbons (Fsp3) is 0.0323. The molecule has 8 nitrogen and oxygen atoms in total. The van der Waals surface area contributed by atoms with Crippen molar-refractivity contribution in [3.8, 4) is 68.0 Å². The molecule has 2 aromatic heterocycles. The van der Waals surface area contributed by atoms with Gasteiger partial charge in [-0.25, -0.2) is 19.4 Å². The van der Waals surface area contributed by atoms with Gasteiger partial charge in [-0.2, -0.15) is 36.9 Å². The molecule has 0 amide bonds. The maximum absolute atomic E-state index is 14.4. The fourth-order valence-electron chi connectivity index (χ4n) is 10.2. The number of alkyl halides is 6. The Morgan fingerprint density at radius 3 is 1.42 bits per heavy atom. The van der Waals surface area contributed by atoms with Crippen LogP contribution in [0.2, 0.25) is 0 Å². The third-order valence-corrected chi connectivity index (χ3v) is 13.5. The number of nitrogens with zero attached hydrogens (tertiary/aromatic N) is 8. The Bertz CT molecular complexity index is 4490. The minimum absolute atomic E-state index is 0.0559. The summed E-state index contributed by atoms with van der Waals surface area (Å²) in [6.45, 7) is 31.4. The van der Waals surface area contributed by atoms with Crippen LogP contribution in [0.1, 0.15) is 22.3 Å². The van der Waals surface area contributed by atoms with E-state index in [1.54, 1.807) is 30.3 Å². The predicted molar refractivity (Wildman–Crippen MR) is 281 cm³/mol. The molecule has 0 aliphatic heterocycles. The Balaban J connectivity index is 1.20. The van der Waals surface area contributed by atoms with Crippen molar-refractivity contribution in [1.82, 2.24) is 9.13 Å². The second-order valence-corrected chi connectivity index (χ2v) is 17.7. The van der Waals surface area contributed by atoms with E-state index in [0.29, 0.717) is 78.7 Å². The van der Waals surface area contributed by atoms with Crippen LogP contribution in [0, 0.1) is 49.0 Å². The van der Waals surface area contributed by atoms with Crippen molar-refractivity contribution in [3.63, 3.8) is 0 Å². The smallest absolute Gasteiger partial charge is 0.309 e. The van der Waals surface area contributed by atoms with Crippen LogP contribution in [0.3, 0.4) is 0 Å². The maximum atomic E-state index is 14.4. The molecule has 0 unspecified atom stereocenters. The third kappa shape index (κ3) is 7.76. The van der Waals surface area contributed by atoms with E-state index in [2.05, 4.69) is 25.4 Å². The summed E-state index contributed by atoms with van der Waals surface area (Å²) in [4.78, 5) is 14.5. The van der Waals surface area contributed by atoms with Gasteiger partial charge in [0.1, 0.15) is 0 Å². The monoisotopic (exact) mass is 998 g/mol. The van der Waals surface area contributed by atoms with Gasteiger partial charge in [-0.15, -0.1) is 0 Å². The predicted octanol–water partition coefficient (Wildman–Crippen LogP) is 18.5. The fourth-order valence-corrected chi connectivity index (χ4v) is 10.2. The SMILES string of the molecule is [C-]#[N+]c1cc(C#N)c(-c2ccc3c(c2)c2ccccc2n3-c2cc(-c3cc(C(F)(F)F)cc(C(F)(F)F)c3)ccc2-c2ccccc2-n2c3ccccc3c3cc(-c4c([N+]#[C-])cc(C#N)cc4[N+]#[C-])ccc32)c([N+]#[C-])c1. The Hall–Kier alpha value is -10.9. The van der Waals surface area contributed by atoms with Crippen LogP contribution in [0.15, 0.2) is 170 Å². The van der Waals surface area contributed by atoms with Gasteiger partial charge in [0.2, 0.25) is 0 Å². The first-order chi connectivity index (χ1) is 36.7. The van der Waals surface area contributed by atoms with E-state index in [1.807, 2.05) is 106 Å². The van der Waals surface area contributed by atoms with Gasteiger partial charge >= 0.3 is 12.4 Å². The average Bonchev–Trinajstić information content (AvgIpc) is 4.00. The molecule has 0 radical (unpaired) electrons. The molecule has 11 rings (SSSR count). The van der Waals surface area contributed by atoms with Gasteiger partial charge in [0, 0.05) is 49.4 Å². The summed E-state index contributed by atoms with van der Waals surface area (Å²) in [6, 6.07) is 49.5. The van der Waals surface area contributed by atoms with Crippen molar-refractivity contribution < 1.29 is 26.3 Å². The molecule has 0 N–H and O–H groups in total. The van der Waals surface area contributed by atoms with Gasteiger partial charge in [0.25, 0.3) is 0 Å². The highest BCUT2D eigenvalue weighted by molar-refractivity contribution is 6.13. The van der Waals surface area contributed by atoms with Crippen LogP contribution in [-0.4, -0.2) is 9.13 Å². The van der Waals surface area contributed by atoms with E-state index >= 15 is 0 Å². The van der Waals surface area contributed by atoms with Crippen LogP contribution in [0.5, 0.6) is 0 Å². The molecule has 0 bridgehead atoms. The molecule has 14 heteroatoms. The van der Waals surface area contributed by atoms with E-state index in [1.165, 1.54) is 30.3 Å². The number of rotatable bonds is 6. The van der Waals surface area contributed by atoms with Crippen LogP contribution in [0.4, 0.5) is 49.1 Å². The zero-order valence-electron chi connectivity index (χ0n) is 39.0. The first-order valence-electron chi connectivity index (χ1n) is 22.9. The van der Waals surface area contributed by atoms with Gasteiger partial charge in [-0.3, -0.25) is 0 Å². The summed E-state index contributed by atoms with van der Waals surface area (Å²) in [6.07, 6.45) is -10.2. The highest BCUT2D eigenvalue weighted by atomic mass is 19.4. The molecule has 9 aromatic carbocycles. The lowest BCUT2D eigenvalue weighted by atomic mass is 9.94. The summed E-state index contributed by atoms with van der Waals surface area (Å²) in [5, 5.41) is 22.8. The lowest BCUT2D eigenvalue weighted by molar-refractivity contribution is -0.143. The van der Waals surface area contributed by atoms with E-state index in [-0.39, 0.29) is 51.1 Å². The molecule has 11 aromatic rings. The Morgan fingerprint density at radius 2 is 0.882 bits per heavy atom. The lowest BCUT2D eigenvalue weighted by Crippen LogP contribution is -2.11. The topological polar surface area (TPSA) is 74.9 Å². The highest BCUT2D eigenvalue weighted by Gasteiger charge is 2.37. The van der Waals surface area contributed by atoms with E-state index in [4.69, 9.17) is 26.3 Å². The first-order valence-corrected chi connectivity index (χ1v) is 22.9. The summed E-state index contributed by atoms with van der Waals surface area (Å²) < 4.78 is 90.5. The molecule has 2 heterocycles. The Morgan fingerprint density at radius 1 is 0.395 bits per heavy atom. The second-order valence-electron chi connectivity index (χ2n) is 17.7. The van der Waals surface area contributed by atoms with Gasteiger partial charge in [-0.1, -0.05) is 84.9 Å². The van der Waals surface area contributed by atoms with Crippen LogP contribution in [-0.2, 0) is 12.4 Å². The Labute approximate surface area is 428 Å². The number of hydrogen-bond donors (Lipinski definition) is 0. The maximum Gasteiger partial charge on any atom is 0.416 e. The highest BCUT2D eigenvalue weighted by Crippen LogP contribution is 2.47. The Kier molecular flexibility index (Phi) is 11.2. The van der Waals surface area contributed by atoms with Gasteiger partial charge in [-0.05, 0) is 113 Å². The summed E-state index contributed by atoms with van der Waals surface area (Å²) in [7, 11) is 0. The molecule has 0 aliphatic rings. The minimum Gasteiger partial charge on any atom is -0.309 e. The molecular formula is C62H28F6N8.